The second-order valence-corrected chi connectivity index (χ2v) is 3.20. The van der Waals surface area contributed by atoms with E-state index in [1.165, 1.54) is 0 Å². The van der Waals surface area contributed by atoms with Gasteiger partial charge in [0.2, 0.25) is 0 Å². The molecule has 0 saturated carbocycles. The Morgan fingerprint density at radius 3 is 2.33 bits per heavy atom. The minimum atomic E-state index is -1.02. The molecule has 0 aromatic heterocycles. The van der Waals surface area contributed by atoms with Crippen LogP contribution in [0.2, 0.25) is 0 Å². The highest BCUT2D eigenvalue weighted by Crippen LogP contribution is 2.23. The largest absolute Gasteiger partial charge is 0.506 e. The van der Waals surface area contributed by atoms with Crippen LogP contribution in [-0.4, -0.2) is 15.9 Å². The maximum Gasteiger partial charge on any atom is 0.138 e. The van der Waals surface area contributed by atoms with Crippen molar-refractivity contribution in [3.63, 3.8) is 0 Å². The predicted molar refractivity (Wildman–Crippen MR) is 48.0 cm³/mol. The average molecular weight is 167 g/mol. The molecular formula is C9H13NO2. The van der Waals surface area contributed by atoms with Crippen LogP contribution in [0.1, 0.15) is 13.8 Å². The molecule has 0 unspecified atom stereocenters. The van der Waals surface area contributed by atoms with Crippen LogP contribution >= 0.6 is 0 Å². The van der Waals surface area contributed by atoms with Gasteiger partial charge in [-0.25, -0.2) is 0 Å². The number of hydrogen-bond acceptors (Lipinski definition) is 3. The van der Waals surface area contributed by atoms with Gasteiger partial charge in [0.1, 0.15) is 11.5 Å². The number of rotatable bonds is 2. The fourth-order valence-corrected chi connectivity index (χ4v) is 0.909. The smallest absolute Gasteiger partial charge is 0.138 e. The number of phenols is 1. The van der Waals surface area contributed by atoms with Crippen molar-refractivity contribution >= 4 is 5.69 Å². The molecule has 0 heterocycles. The van der Waals surface area contributed by atoms with E-state index in [1.54, 1.807) is 38.1 Å². The van der Waals surface area contributed by atoms with Gasteiger partial charge in [0.05, 0.1) is 5.69 Å². The number of aromatic hydroxyl groups is 1. The van der Waals surface area contributed by atoms with Crippen LogP contribution < -0.4 is 5.32 Å². The van der Waals surface area contributed by atoms with Crippen molar-refractivity contribution < 1.29 is 10.2 Å². The Morgan fingerprint density at radius 1 is 1.25 bits per heavy atom. The highest BCUT2D eigenvalue weighted by Gasteiger charge is 2.12. The van der Waals surface area contributed by atoms with Gasteiger partial charge in [0.25, 0.3) is 0 Å². The van der Waals surface area contributed by atoms with Crippen molar-refractivity contribution in [1.29, 1.82) is 0 Å². The Kier molecular flexibility index (Phi) is 2.24. The molecule has 3 nitrogen and oxygen atoms in total. The Bertz CT molecular complexity index is 265. The molecule has 1 rings (SSSR count). The summed E-state index contributed by atoms with van der Waals surface area (Å²) in [5.41, 5.74) is -0.483. The quantitative estimate of drug-likeness (QED) is 0.462. The van der Waals surface area contributed by atoms with Crippen LogP contribution in [0.4, 0.5) is 5.69 Å². The molecule has 0 bridgehead atoms. The Labute approximate surface area is 71.7 Å². The first-order chi connectivity index (χ1) is 5.49. The summed E-state index contributed by atoms with van der Waals surface area (Å²) in [7, 11) is 0. The molecule has 0 aliphatic heterocycles. The van der Waals surface area contributed by atoms with Crippen molar-refractivity contribution in [3.8, 4) is 5.75 Å². The first-order valence-corrected chi connectivity index (χ1v) is 3.77. The van der Waals surface area contributed by atoms with Crippen LogP contribution in [0.25, 0.3) is 0 Å². The Balaban J connectivity index is 2.83. The van der Waals surface area contributed by atoms with Gasteiger partial charge >= 0.3 is 0 Å². The summed E-state index contributed by atoms with van der Waals surface area (Å²) in [6.45, 7) is 3.22. The summed E-state index contributed by atoms with van der Waals surface area (Å²) in [6.07, 6.45) is 0. The summed E-state index contributed by atoms with van der Waals surface area (Å²) in [5.74, 6) is 0.139. The maximum absolute atomic E-state index is 9.37. The molecule has 0 aliphatic carbocycles. The van der Waals surface area contributed by atoms with Gasteiger partial charge in [-0.1, -0.05) is 12.1 Å². The van der Waals surface area contributed by atoms with Crippen molar-refractivity contribution in [2.24, 2.45) is 0 Å². The Morgan fingerprint density at radius 2 is 1.83 bits per heavy atom. The van der Waals surface area contributed by atoms with Gasteiger partial charge in [0, 0.05) is 0 Å². The first-order valence-electron chi connectivity index (χ1n) is 3.77. The third-order valence-corrected chi connectivity index (χ3v) is 1.34. The van der Waals surface area contributed by atoms with Crippen molar-refractivity contribution in [2.45, 2.75) is 19.6 Å². The van der Waals surface area contributed by atoms with Crippen LogP contribution in [-0.2, 0) is 0 Å². The van der Waals surface area contributed by atoms with Crippen molar-refractivity contribution in [1.82, 2.24) is 0 Å². The number of para-hydroxylation sites is 2. The first kappa shape index (κ1) is 8.87. The zero-order valence-corrected chi connectivity index (χ0v) is 7.20. The van der Waals surface area contributed by atoms with Crippen LogP contribution in [0, 0.1) is 0 Å². The lowest BCUT2D eigenvalue weighted by molar-refractivity contribution is 0.111. The lowest BCUT2D eigenvalue weighted by Crippen LogP contribution is -2.29. The summed E-state index contributed by atoms with van der Waals surface area (Å²) in [4.78, 5) is 0. The maximum atomic E-state index is 9.37. The summed E-state index contributed by atoms with van der Waals surface area (Å²) in [6, 6.07) is 6.78. The van der Waals surface area contributed by atoms with Crippen LogP contribution in [0.3, 0.4) is 0 Å². The Hall–Kier alpha value is -1.22. The highest BCUT2D eigenvalue weighted by molar-refractivity contribution is 5.55. The SMILES string of the molecule is CC(C)(O)Nc1ccccc1O. The van der Waals surface area contributed by atoms with Crippen molar-refractivity contribution in [3.05, 3.63) is 24.3 Å². The van der Waals surface area contributed by atoms with Gasteiger partial charge < -0.3 is 15.5 Å². The number of hydrogen-bond donors (Lipinski definition) is 3. The lowest BCUT2D eigenvalue weighted by Gasteiger charge is -2.21. The number of phenolic OH excluding ortho intramolecular Hbond substituents is 1. The van der Waals surface area contributed by atoms with Gasteiger partial charge in [-0.05, 0) is 26.0 Å². The zero-order valence-electron chi connectivity index (χ0n) is 7.20. The van der Waals surface area contributed by atoms with Gasteiger partial charge in [-0.2, -0.15) is 0 Å². The van der Waals surface area contributed by atoms with E-state index in [0.29, 0.717) is 5.69 Å². The van der Waals surface area contributed by atoms with Crippen molar-refractivity contribution in [2.75, 3.05) is 5.32 Å². The van der Waals surface area contributed by atoms with E-state index in [2.05, 4.69) is 5.32 Å². The summed E-state index contributed by atoms with van der Waals surface area (Å²) in [5, 5.41) is 21.4. The molecule has 0 amide bonds. The van der Waals surface area contributed by atoms with E-state index < -0.39 is 5.72 Å². The molecule has 3 N–H and O–H groups in total. The summed E-state index contributed by atoms with van der Waals surface area (Å²) < 4.78 is 0. The lowest BCUT2D eigenvalue weighted by atomic mass is 10.2. The predicted octanol–water partition coefficient (Wildman–Crippen LogP) is 1.53. The third-order valence-electron chi connectivity index (χ3n) is 1.34. The molecule has 0 fully saturated rings. The molecule has 3 heteroatoms. The molecule has 1 aromatic rings. The number of nitrogens with one attached hydrogen (secondary N) is 1. The van der Waals surface area contributed by atoms with Gasteiger partial charge in [0.15, 0.2) is 0 Å². The van der Waals surface area contributed by atoms with Gasteiger partial charge in [-0.15, -0.1) is 0 Å². The normalized spacial score (nSPS) is 11.2. The average Bonchev–Trinajstić information content (AvgIpc) is 1.91. The van der Waals surface area contributed by atoms with Crippen LogP contribution in [0.5, 0.6) is 5.75 Å². The fraction of sp³-hybridized carbons (Fsp3) is 0.333. The molecule has 1 aromatic carbocycles. The van der Waals surface area contributed by atoms with E-state index in [0.717, 1.165) is 0 Å². The minimum Gasteiger partial charge on any atom is -0.506 e. The molecule has 0 aliphatic rings. The van der Waals surface area contributed by atoms with E-state index in [4.69, 9.17) is 0 Å². The highest BCUT2D eigenvalue weighted by atomic mass is 16.3. The monoisotopic (exact) mass is 167 g/mol. The molecule has 0 radical (unpaired) electrons. The topological polar surface area (TPSA) is 52.5 Å². The van der Waals surface area contributed by atoms with Gasteiger partial charge in [-0.3, -0.25) is 0 Å². The standard InChI is InChI=1S/C9H13NO2/c1-9(2,12)10-7-5-3-4-6-8(7)11/h3-6,10-12H,1-2H3. The molecule has 12 heavy (non-hydrogen) atoms. The summed E-state index contributed by atoms with van der Waals surface area (Å²) >= 11 is 0. The van der Waals surface area contributed by atoms with E-state index in [9.17, 15) is 10.2 Å². The number of aliphatic hydroxyl groups is 1. The zero-order chi connectivity index (χ0) is 9.19. The molecule has 0 spiro atoms. The number of anilines is 1. The molecule has 0 atom stereocenters. The molecule has 66 valence electrons. The minimum absolute atomic E-state index is 0.139. The molecular weight excluding hydrogens is 154 g/mol. The second-order valence-electron chi connectivity index (χ2n) is 3.20. The number of benzene rings is 1. The van der Waals surface area contributed by atoms with E-state index in [1.807, 2.05) is 0 Å². The van der Waals surface area contributed by atoms with E-state index in [-0.39, 0.29) is 5.75 Å². The molecule has 0 saturated heterocycles. The van der Waals surface area contributed by atoms with E-state index >= 15 is 0 Å². The fourth-order valence-electron chi connectivity index (χ4n) is 0.909. The second kappa shape index (κ2) is 3.03. The third kappa shape index (κ3) is 2.43. The van der Waals surface area contributed by atoms with Crippen LogP contribution in [0.15, 0.2) is 24.3 Å².